The first kappa shape index (κ1) is 14.4. The van der Waals surface area contributed by atoms with Crippen LogP contribution in [0.25, 0.3) is 0 Å². The van der Waals surface area contributed by atoms with Crippen molar-refractivity contribution in [1.29, 1.82) is 0 Å². The van der Waals surface area contributed by atoms with Crippen molar-refractivity contribution in [3.8, 4) is 0 Å². The minimum Gasteiger partial charge on any atom is -0.342 e. The molecule has 2 aliphatic rings. The Morgan fingerprint density at radius 2 is 1.68 bits per heavy atom. The lowest BCUT2D eigenvalue weighted by Crippen LogP contribution is -2.56. The molecule has 2 N–H and O–H groups in total. The zero-order chi connectivity index (χ0) is 14.3. The molecule has 1 aliphatic heterocycles. The van der Waals surface area contributed by atoms with E-state index in [0.717, 1.165) is 32.2 Å². The monoisotopic (exact) mass is 265 g/mol. The standard InChI is InChI=1S/C15H27N3O/c1-6-7-16-12-17-11(19)15(18-12)9-13(2,3)8-14(4,5)10-15/h6-10H2,1-5H3,(H2,16,17,18,19). The van der Waals surface area contributed by atoms with Crippen LogP contribution in [0.2, 0.25) is 0 Å². The highest BCUT2D eigenvalue weighted by Gasteiger charge is 2.54. The van der Waals surface area contributed by atoms with Crippen molar-refractivity contribution in [3.05, 3.63) is 0 Å². The maximum atomic E-state index is 12.4. The fourth-order valence-electron chi connectivity index (χ4n) is 4.21. The van der Waals surface area contributed by atoms with E-state index in [-0.39, 0.29) is 16.7 Å². The molecule has 1 saturated heterocycles. The molecule has 4 heteroatoms. The van der Waals surface area contributed by atoms with Crippen molar-refractivity contribution in [2.45, 2.75) is 65.8 Å². The zero-order valence-corrected chi connectivity index (χ0v) is 12.9. The second-order valence-corrected chi connectivity index (χ2v) is 7.75. The van der Waals surface area contributed by atoms with E-state index in [1.54, 1.807) is 0 Å². The van der Waals surface area contributed by atoms with Gasteiger partial charge in [0.1, 0.15) is 5.54 Å². The van der Waals surface area contributed by atoms with Crippen LogP contribution in [0.15, 0.2) is 4.99 Å². The second kappa shape index (κ2) is 4.50. The molecule has 1 aliphatic carbocycles. The summed E-state index contributed by atoms with van der Waals surface area (Å²) in [5, 5.41) is 6.32. The highest BCUT2D eigenvalue weighted by atomic mass is 16.2. The largest absolute Gasteiger partial charge is 0.342 e. The molecule has 0 aromatic heterocycles. The van der Waals surface area contributed by atoms with Gasteiger partial charge in [0.05, 0.1) is 0 Å². The number of nitrogens with one attached hydrogen (secondary N) is 2. The highest BCUT2D eigenvalue weighted by molar-refractivity contribution is 6.09. The van der Waals surface area contributed by atoms with Crippen LogP contribution in [0.5, 0.6) is 0 Å². The summed E-state index contributed by atoms with van der Waals surface area (Å²) in [7, 11) is 0. The molecule has 0 aromatic carbocycles. The molecule has 0 aromatic rings. The summed E-state index contributed by atoms with van der Waals surface area (Å²) >= 11 is 0. The molecule has 1 saturated carbocycles. The van der Waals surface area contributed by atoms with Gasteiger partial charge in [-0.05, 0) is 36.5 Å². The third-order valence-electron chi connectivity index (χ3n) is 4.04. The number of rotatable bonds is 2. The first-order chi connectivity index (χ1) is 8.68. The maximum absolute atomic E-state index is 12.4. The van der Waals surface area contributed by atoms with Crippen LogP contribution in [-0.2, 0) is 4.79 Å². The molecule has 108 valence electrons. The Labute approximate surface area is 116 Å². The molecule has 19 heavy (non-hydrogen) atoms. The van der Waals surface area contributed by atoms with Gasteiger partial charge in [-0.3, -0.25) is 15.1 Å². The molecular weight excluding hydrogens is 238 g/mol. The van der Waals surface area contributed by atoms with Gasteiger partial charge in [-0.25, -0.2) is 0 Å². The van der Waals surface area contributed by atoms with Crippen molar-refractivity contribution in [2.75, 3.05) is 6.54 Å². The number of hydrogen-bond donors (Lipinski definition) is 2. The minimum absolute atomic E-state index is 0.100. The molecule has 1 spiro atoms. The average Bonchev–Trinajstić information content (AvgIpc) is 2.47. The van der Waals surface area contributed by atoms with Gasteiger partial charge in [0.2, 0.25) is 0 Å². The van der Waals surface area contributed by atoms with Crippen LogP contribution >= 0.6 is 0 Å². The number of aliphatic imine (C=N–C) groups is 1. The average molecular weight is 265 g/mol. The zero-order valence-electron chi connectivity index (χ0n) is 12.9. The summed E-state index contributed by atoms with van der Waals surface area (Å²) in [6.07, 6.45) is 3.89. The molecule has 4 nitrogen and oxygen atoms in total. The molecule has 1 heterocycles. The van der Waals surface area contributed by atoms with Crippen LogP contribution in [0.1, 0.15) is 60.3 Å². The van der Waals surface area contributed by atoms with Gasteiger partial charge in [0.25, 0.3) is 5.91 Å². The number of carbonyl (C=O) groups is 1. The number of carbonyl (C=O) groups excluding carboxylic acids is 1. The fraction of sp³-hybridized carbons (Fsp3) is 0.867. The van der Waals surface area contributed by atoms with E-state index < -0.39 is 5.54 Å². The summed E-state index contributed by atoms with van der Waals surface area (Å²) < 4.78 is 0. The Morgan fingerprint density at radius 3 is 2.21 bits per heavy atom. The molecule has 1 amide bonds. The summed E-state index contributed by atoms with van der Waals surface area (Å²) in [6.45, 7) is 11.9. The molecular formula is C15H27N3O. The molecule has 0 radical (unpaired) electrons. The van der Waals surface area contributed by atoms with E-state index in [4.69, 9.17) is 0 Å². The van der Waals surface area contributed by atoms with Crippen molar-refractivity contribution in [2.24, 2.45) is 15.8 Å². The summed E-state index contributed by atoms with van der Waals surface area (Å²) in [5.41, 5.74) is -0.115. The molecule has 0 bridgehead atoms. The van der Waals surface area contributed by atoms with Crippen molar-refractivity contribution >= 4 is 11.9 Å². The van der Waals surface area contributed by atoms with Crippen molar-refractivity contribution < 1.29 is 4.79 Å². The normalized spacial score (nSPS) is 29.3. The number of amides is 1. The van der Waals surface area contributed by atoms with E-state index in [1.807, 2.05) is 0 Å². The van der Waals surface area contributed by atoms with E-state index >= 15 is 0 Å². The summed E-state index contributed by atoms with van der Waals surface area (Å²) in [5.74, 6) is 0.767. The van der Waals surface area contributed by atoms with Crippen molar-refractivity contribution in [1.82, 2.24) is 10.6 Å². The van der Waals surface area contributed by atoms with Crippen LogP contribution < -0.4 is 10.6 Å². The maximum Gasteiger partial charge on any atom is 0.252 e. The van der Waals surface area contributed by atoms with Crippen LogP contribution in [0.4, 0.5) is 0 Å². The first-order valence-corrected chi connectivity index (χ1v) is 7.32. The Balaban J connectivity index is 2.25. The third-order valence-corrected chi connectivity index (χ3v) is 4.04. The topological polar surface area (TPSA) is 53.5 Å². The predicted octanol–water partition coefficient (Wildman–Crippen LogP) is 2.45. The Kier molecular flexibility index (Phi) is 3.40. The lowest BCUT2D eigenvalue weighted by molar-refractivity contribution is -0.129. The van der Waals surface area contributed by atoms with Gasteiger partial charge >= 0.3 is 0 Å². The highest BCUT2D eigenvalue weighted by Crippen LogP contribution is 2.50. The Hall–Kier alpha value is -1.06. The quantitative estimate of drug-likeness (QED) is 0.806. The van der Waals surface area contributed by atoms with Gasteiger partial charge in [-0.2, -0.15) is 0 Å². The van der Waals surface area contributed by atoms with Crippen LogP contribution in [0, 0.1) is 10.8 Å². The van der Waals surface area contributed by atoms with Gasteiger partial charge in [-0.1, -0.05) is 34.6 Å². The van der Waals surface area contributed by atoms with E-state index in [1.165, 1.54) is 0 Å². The summed E-state index contributed by atoms with van der Waals surface area (Å²) in [4.78, 5) is 16.9. The predicted molar refractivity (Wildman–Crippen MR) is 78.0 cm³/mol. The van der Waals surface area contributed by atoms with Gasteiger partial charge < -0.3 is 5.32 Å². The lowest BCUT2D eigenvalue weighted by atomic mass is 9.58. The Morgan fingerprint density at radius 1 is 1.11 bits per heavy atom. The summed E-state index contributed by atoms with van der Waals surface area (Å²) in [6, 6.07) is 0. The van der Waals surface area contributed by atoms with E-state index in [9.17, 15) is 4.79 Å². The van der Waals surface area contributed by atoms with Gasteiger partial charge in [0.15, 0.2) is 5.96 Å². The van der Waals surface area contributed by atoms with Gasteiger partial charge in [0, 0.05) is 6.54 Å². The van der Waals surface area contributed by atoms with Crippen LogP contribution in [-0.4, -0.2) is 24.0 Å². The van der Waals surface area contributed by atoms with E-state index in [2.05, 4.69) is 50.2 Å². The lowest BCUT2D eigenvalue weighted by Gasteiger charge is -2.49. The SMILES string of the molecule is CCCN=C1NC(=O)C2(CC(C)(C)CC(C)(C)C2)N1. The smallest absolute Gasteiger partial charge is 0.252 e. The Bertz CT molecular complexity index is 394. The van der Waals surface area contributed by atoms with Gasteiger partial charge in [-0.15, -0.1) is 0 Å². The third kappa shape index (κ3) is 2.93. The molecule has 0 unspecified atom stereocenters. The molecule has 2 fully saturated rings. The fourth-order valence-corrected chi connectivity index (χ4v) is 4.21. The number of nitrogens with zero attached hydrogens (tertiary/aromatic N) is 1. The second-order valence-electron chi connectivity index (χ2n) is 7.75. The molecule has 0 atom stereocenters. The van der Waals surface area contributed by atoms with Crippen molar-refractivity contribution in [3.63, 3.8) is 0 Å². The first-order valence-electron chi connectivity index (χ1n) is 7.32. The van der Waals surface area contributed by atoms with E-state index in [0.29, 0.717) is 5.96 Å². The minimum atomic E-state index is -0.460. The number of guanidine groups is 1. The number of hydrogen-bond acceptors (Lipinski definition) is 2. The molecule has 2 rings (SSSR count). The van der Waals surface area contributed by atoms with Crippen LogP contribution in [0.3, 0.4) is 0 Å².